The van der Waals surface area contributed by atoms with Crippen molar-refractivity contribution in [3.63, 3.8) is 0 Å². The quantitative estimate of drug-likeness (QED) is 0.141. The summed E-state index contributed by atoms with van der Waals surface area (Å²) in [5, 5.41) is 21.9. The van der Waals surface area contributed by atoms with Gasteiger partial charge in [0.25, 0.3) is 11.4 Å². The third-order valence-corrected chi connectivity index (χ3v) is 5.67. The maximum absolute atomic E-state index is 12.4. The van der Waals surface area contributed by atoms with E-state index in [0.717, 1.165) is 0 Å². The highest BCUT2D eigenvalue weighted by Gasteiger charge is 2.25. The average molecular weight is 568 g/mol. The van der Waals surface area contributed by atoms with Gasteiger partial charge >= 0.3 is 5.97 Å². The molecule has 0 fully saturated rings. The van der Waals surface area contributed by atoms with Crippen LogP contribution in [0.4, 0.5) is 11.4 Å². The van der Waals surface area contributed by atoms with Gasteiger partial charge in [-0.25, -0.2) is 9.79 Å². The van der Waals surface area contributed by atoms with Crippen LogP contribution in [-0.4, -0.2) is 28.3 Å². The van der Waals surface area contributed by atoms with E-state index >= 15 is 0 Å². The van der Waals surface area contributed by atoms with E-state index in [0.29, 0.717) is 39.3 Å². The van der Waals surface area contributed by atoms with Crippen LogP contribution < -0.4 is 9.47 Å². The Morgan fingerprint density at radius 1 is 1.00 bits per heavy atom. The summed E-state index contributed by atoms with van der Waals surface area (Å²) in [6.07, 6.45) is 1.51. The molecule has 3 aromatic rings. The lowest BCUT2D eigenvalue weighted by Gasteiger charge is -2.15. The summed E-state index contributed by atoms with van der Waals surface area (Å²) in [6, 6.07) is 15.0. The number of nitrogens with zero attached hydrogens (tertiary/aromatic N) is 3. The molecule has 0 saturated heterocycles. The minimum absolute atomic E-state index is 0.0344. The molecule has 37 heavy (non-hydrogen) atoms. The second-order valence-electron chi connectivity index (χ2n) is 7.62. The maximum atomic E-state index is 12.4. The molecule has 188 valence electrons. The van der Waals surface area contributed by atoms with Gasteiger partial charge in [0.05, 0.1) is 20.9 Å². The Bertz CT molecular complexity index is 1450. The van der Waals surface area contributed by atoms with Gasteiger partial charge < -0.3 is 14.2 Å². The van der Waals surface area contributed by atoms with Gasteiger partial charge in [-0.1, -0.05) is 12.1 Å². The van der Waals surface area contributed by atoms with Crippen LogP contribution in [0.25, 0.3) is 6.08 Å². The van der Waals surface area contributed by atoms with Crippen LogP contribution in [0.15, 0.2) is 75.8 Å². The maximum Gasteiger partial charge on any atom is 0.363 e. The Hall–Kier alpha value is -4.58. The molecule has 0 unspecified atom stereocenters. The van der Waals surface area contributed by atoms with Gasteiger partial charge in [-0.15, -0.1) is 0 Å². The Kier molecular flexibility index (Phi) is 7.58. The number of halogens is 1. The average Bonchev–Trinajstić information content (AvgIpc) is 3.23. The molecule has 0 amide bonds. The van der Waals surface area contributed by atoms with Crippen LogP contribution >= 0.6 is 15.9 Å². The highest BCUT2D eigenvalue weighted by Crippen LogP contribution is 2.38. The number of esters is 1. The molecule has 1 heterocycles. The summed E-state index contributed by atoms with van der Waals surface area (Å²) in [7, 11) is 0. The molecule has 1 aliphatic rings. The summed E-state index contributed by atoms with van der Waals surface area (Å²) in [5.74, 6) is 0.139. The molecule has 0 saturated carbocycles. The van der Waals surface area contributed by atoms with Crippen LogP contribution in [0.3, 0.4) is 0 Å². The third kappa shape index (κ3) is 5.98. The highest BCUT2D eigenvalue weighted by molar-refractivity contribution is 9.10. The van der Waals surface area contributed by atoms with Crippen LogP contribution in [0.5, 0.6) is 11.5 Å². The number of ether oxygens (including phenoxy) is 3. The van der Waals surface area contributed by atoms with Gasteiger partial charge in [-0.3, -0.25) is 20.2 Å². The summed E-state index contributed by atoms with van der Waals surface area (Å²) >= 11 is 3.46. The monoisotopic (exact) mass is 567 g/mol. The Labute approximate surface area is 218 Å². The number of cyclic esters (lactones) is 1. The zero-order valence-corrected chi connectivity index (χ0v) is 20.8. The number of non-ortho nitro benzene ring substituents is 2. The number of carbonyl (C=O) groups excluding carboxylic acids is 1. The highest BCUT2D eigenvalue weighted by atomic mass is 79.9. The number of nitro groups is 2. The fraction of sp³-hybridized carbons (Fsp3) is 0.120. The number of hydrogen-bond acceptors (Lipinski definition) is 9. The van der Waals surface area contributed by atoms with Crippen LogP contribution in [-0.2, 0) is 16.1 Å². The molecule has 0 radical (unpaired) electrons. The standard InChI is InChI=1S/C25H18BrN3O8/c1-2-35-22-13-16(11-20(26)23(22)36-14-15-4-3-5-19(10-15)29(33)34)12-21-25(30)37-24(27-21)17-6-8-18(9-7-17)28(31)32/h3-13H,2,14H2,1H3/b21-12-. The molecule has 0 spiro atoms. The molecule has 12 heteroatoms. The Morgan fingerprint density at radius 2 is 1.73 bits per heavy atom. The van der Waals surface area contributed by atoms with Gasteiger partial charge in [0.15, 0.2) is 17.2 Å². The lowest BCUT2D eigenvalue weighted by molar-refractivity contribution is -0.385. The summed E-state index contributed by atoms with van der Waals surface area (Å²) in [4.78, 5) is 37.5. The van der Waals surface area contributed by atoms with Crippen molar-refractivity contribution in [2.75, 3.05) is 6.61 Å². The van der Waals surface area contributed by atoms with Crippen molar-refractivity contribution in [2.24, 2.45) is 4.99 Å². The molecule has 3 aromatic carbocycles. The first-order chi connectivity index (χ1) is 17.7. The van der Waals surface area contributed by atoms with E-state index in [4.69, 9.17) is 14.2 Å². The molecular formula is C25H18BrN3O8. The van der Waals surface area contributed by atoms with Crippen LogP contribution in [0.1, 0.15) is 23.6 Å². The van der Waals surface area contributed by atoms with Gasteiger partial charge in [-0.2, -0.15) is 0 Å². The van der Waals surface area contributed by atoms with E-state index in [9.17, 15) is 25.0 Å². The minimum atomic E-state index is -0.673. The number of rotatable bonds is 9. The van der Waals surface area contributed by atoms with Crippen molar-refractivity contribution < 1.29 is 28.9 Å². The molecule has 1 aliphatic heterocycles. The van der Waals surface area contributed by atoms with Crippen molar-refractivity contribution in [3.8, 4) is 11.5 Å². The zero-order valence-electron chi connectivity index (χ0n) is 19.3. The smallest absolute Gasteiger partial charge is 0.363 e. The van der Waals surface area contributed by atoms with Crippen LogP contribution in [0, 0.1) is 20.2 Å². The van der Waals surface area contributed by atoms with E-state index in [2.05, 4.69) is 20.9 Å². The summed E-state index contributed by atoms with van der Waals surface area (Å²) in [6.45, 7) is 2.21. The predicted octanol–water partition coefficient (Wildman–Crippen LogP) is 5.59. The lowest BCUT2D eigenvalue weighted by atomic mass is 10.1. The lowest BCUT2D eigenvalue weighted by Crippen LogP contribution is -2.05. The molecule has 0 N–H and O–H groups in total. The first-order valence-corrected chi connectivity index (χ1v) is 11.6. The van der Waals surface area contributed by atoms with E-state index in [-0.39, 0.29) is 29.6 Å². The first kappa shape index (κ1) is 25.5. The fourth-order valence-electron chi connectivity index (χ4n) is 3.41. The topological polar surface area (TPSA) is 143 Å². The summed E-state index contributed by atoms with van der Waals surface area (Å²) < 4.78 is 17.4. The molecule has 0 atom stereocenters. The number of nitro benzene ring substituents is 2. The van der Waals surface area contributed by atoms with Gasteiger partial charge in [0, 0.05) is 29.8 Å². The summed E-state index contributed by atoms with van der Waals surface area (Å²) in [5.41, 5.74) is 1.50. The van der Waals surface area contributed by atoms with Crippen molar-refractivity contribution in [2.45, 2.75) is 13.5 Å². The molecule has 4 rings (SSSR count). The van der Waals surface area contributed by atoms with E-state index in [1.807, 2.05) is 0 Å². The molecule has 0 bridgehead atoms. The van der Waals surface area contributed by atoms with Crippen molar-refractivity contribution in [1.29, 1.82) is 0 Å². The van der Waals surface area contributed by atoms with E-state index in [1.165, 1.54) is 42.5 Å². The van der Waals surface area contributed by atoms with Crippen molar-refractivity contribution >= 4 is 45.2 Å². The predicted molar refractivity (Wildman–Crippen MR) is 136 cm³/mol. The SMILES string of the molecule is CCOc1cc(/C=C2\N=C(c3ccc([N+](=O)[O-])cc3)OC2=O)cc(Br)c1OCc1cccc([N+](=O)[O-])c1. The Morgan fingerprint density at radius 3 is 2.41 bits per heavy atom. The minimum Gasteiger partial charge on any atom is -0.490 e. The van der Waals surface area contributed by atoms with E-state index in [1.54, 1.807) is 31.2 Å². The second kappa shape index (κ2) is 11.0. The third-order valence-electron chi connectivity index (χ3n) is 5.09. The van der Waals surface area contributed by atoms with Gasteiger partial charge in [0.1, 0.15) is 6.61 Å². The fourth-order valence-corrected chi connectivity index (χ4v) is 3.98. The zero-order chi connectivity index (χ0) is 26.5. The molecule has 0 aromatic heterocycles. The molecule has 11 nitrogen and oxygen atoms in total. The number of carbonyl (C=O) groups is 1. The van der Waals surface area contributed by atoms with Gasteiger partial charge in [0.2, 0.25) is 5.90 Å². The number of benzene rings is 3. The molecule has 0 aliphatic carbocycles. The van der Waals surface area contributed by atoms with Crippen molar-refractivity contribution in [3.05, 3.63) is 108 Å². The number of aliphatic imine (C=N–C) groups is 1. The Balaban J connectivity index is 1.59. The van der Waals surface area contributed by atoms with E-state index < -0.39 is 15.8 Å². The number of hydrogen-bond donors (Lipinski definition) is 0. The van der Waals surface area contributed by atoms with Gasteiger partial charge in [-0.05, 0) is 64.3 Å². The second-order valence-corrected chi connectivity index (χ2v) is 8.47. The normalized spacial score (nSPS) is 13.7. The first-order valence-electron chi connectivity index (χ1n) is 10.8. The largest absolute Gasteiger partial charge is 0.490 e. The van der Waals surface area contributed by atoms with Crippen LogP contribution in [0.2, 0.25) is 0 Å². The van der Waals surface area contributed by atoms with Crippen molar-refractivity contribution in [1.82, 2.24) is 0 Å². The molecular weight excluding hydrogens is 550 g/mol.